The molecule has 3 heterocycles. The number of hydrogen-bond acceptors (Lipinski definition) is 1. The first-order chi connectivity index (χ1) is 3.81. The highest BCUT2D eigenvalue weighted by Crippen LogP contribution is 2.62. The summed E-state index contributed by atoms with van der Waals surface area (Å²) >= 11 is 0. The van der Waals surface area contributed by atoms with Gasteiger partial charge in [0.25, 0.3) is 0 Å². The second kappa shape index (κ2) is 0.766. The summed E-state index contributed by atoms with van der Waals surface area (Å²) in [5, 5.41) is 0. The monoisotopic (exact) mass is 109 g/mol. The van der Waals surface area contributed by atoms with E-state index in [1.807, 2.05) is 0 Å². The molecular formula is C7H11N. The van der Waals surface area contributed by atoms with Crippen molar-refractivity contribution in [3.63, 3.8) is 0 Å². The molecule has 8 heavy (non-hydrogen) atoms. The van der Waals surface area contributed by atoms with Gasteiger partial charge in [-0.15, -0.1) is 0 Å². The molecule has 0 aromatic rings. The van der Waals surface area contributed by atoms with Gasteiger partial charge in [0, 0.05) is 18.1 Å². The minimum absolute atomic E-state index is 0.727. The van der Waals surface area contributed by atoms with Gasteiger partial charge in [-0.3, -0.25) is 4.90 Å². The maximum Gasteiger partial charge on any atom is 0.0343 e. The summed E-state index contributed by atoms with van der Waals surface area (Å²) in [7, 11) is 0. The molecule has 0 N–H and O–H groups in total. The first-order valence-corrected chi connectivity index (χ1v) is 3.57. The van der Waals surface area contributed by atoms with Gasteiger partial charge in [0.2, 0.25) is 0 Å². The summed E-state index contributed by atoms with van der Waals surface area (Å²) in [6, 6.07) is 1.03. The molecule has 4 rings (SSSR count). The molecule has 0 aromatic heterocycles. The van der Waals surface area contributed by atoms with E-state index in [2.05, 4.69) is 11.8 Å². The molecule has 4 bridgehead atoms. The maximum absolute atomic E-state index is 2.66. The highest BCUT2D eigenvalue weighted by molar-refractivity contribution is 5.26. The third-order valence-corrected chi connectivity index (χ3v) is 3.40. The van der Waals surface area contributed by atoms with E-state index >= 15 is 0 Å². The van der Waals surface area contributed by atoms with Crippen molar-refractivity contribution in [3.8, 4) is 0 Å². The lowest BCUT2D eigenvalue weighted by atomic mass is 10.1. The van der Waals surface area contributed by atoms with Crippen molar-refractivity contribution in [3.05, 3.63) is 0 Å². The molecule has 0 radical (unpaired) electrons. The SMILES string of the molecule is CC12CC3CC1N2C3. The highest BCUT2D eigenvalue weighted by atomic mass is 15.4. The van der Waals surface area contributed by atoms with Crippen molar-refractivity contribution in [2.45, 2.75) is 31.3 Å². The van der Waals surface area contributed by atoms with Gasteiger partial charge in [-0.1, -0.05) is 0 Å². The van der Waals surface area contributed by atoms with Crippen LogP contribution >= 0.6 is 0 Å². The fourth-order valence-corrected chi connectivity index (χ4v) is 2.95. The van der Waals surface area contributed by atoms with Crippen molar-refractivity contribution < 1.29 is 0 Å². The zero-order valence-electron chi connectivity index (χ0n) is 5.22. The van der Waals surface area contributed by atoms with Crippen molar-refractivity contribution in [2.75, 3.05) is 6.54 Å². The third-order valence-electron chi connectivity index (χ3n) is 3.40. The van der Waals surface area contributed by atoms with Crippen molar-refractivity contribution in [1.29, 1.82) is 0 Å². The Bertz CT molecular complexity index is 140. The fourth-order valence-electron chi connectivity index (χ4n) is 2.95. The number of piperidine rings is 3. The summed E-state index contributed by atoms with van der Waals surface area (Å²) in [5.41, 5.74) is 0.727. The van der Waals surface area contributed by atoms with E-state index in [-0.39, 0.29) is 0 Å². The molecular weight excluding hydrogens is 98.1 g/mol. The van der Waals surface area contributed by atoms with E-state index in [4.69, 9.17) is 0 Å². The lowest BCUT2D eigenvalue weighted by molar-refractivity contribution is 0.524. The zero-order chi connectivity index (χ0) is 5.35. The van der Waals surface area contributed by atoms with Gasteiger partial charge in [0.15, 0.2) is 0 Å². The van der Waals surface area contributed by atoms with Crippen LogP contribution in [0.3, 0.4) is 0 Å². The normalized spacial score (nSPS) is 73.9. The summed E-state index contributed by atoms with van der Waals surface area (Å²) < 4.78 is 0. The fraction of sp³-hybridized carbons (Fsp3) is 1.00. The van der Waals surface area contributed by atoms with Crippen LogP contribution in [0.25, 0.3) is 0 Å². The predicted molar refractivity (Wildman–Crippen MR) is 31.6 cm³/mol. The second-order valence-corrected chi connectivity index (χ2v) is 3.83. The topological polar surface area (TPSA) is 3.01 Å². The average molecular weight is 109 g/mol. The van der Waals surface area contributed by atoms with Crippen molar-refractivity contribution >= 4 is 0 Å². The molecule has 3 aliphatic heterocycles. The number of hydrogen-bond donors (Lipinski definition) is 0. The van der Waals surface area contributed by atoms with E-state index in [1.165, 1.54) is 19.4 Å². The maximum atomic E-state index is 2.66. The quantitative estimate of drug-likeness (QED) is 0.417. The van der Waals surface area contributed by atoms with Crippen LogP contribution < -0.4 is 0 Å². The molecule has 0 amide bonds. The van der Waals surface area contributed by atoms with Gasteiger partial charge in [-0.2, -0.15) is 0 Å². The van der Waals surface area contributed by atoms with Gasteiger partial charge in [-0.25, -0.2) is 0 Å². The summed E-state index contributed by atoms with van der Waals surface area (Å²) in [5.74, 6) is 1.10. The van der Waals surface area contributed by atoms with Crippen LogP contribution in [-0.2, 0) is 0 Å². The average Bonchev–Trinajstić information content (AvgIpc) is 2.11. The molecule has 0 aromatic carbocycles. The zero-order valence-corrected chi connectivity index (χ0v) is 5.22. The van der Waals surface area contributed by atoms with E-state index in [9.17, 15) is 0 Å². The molecule has 1 heteroatoms. The van der Waals surface area contributed by atoms with E-state index in [0.29, 0.717) is 0 Å². The summed E-state index contributed by atoms with van der Waals surface area (Å²) in [4.78, 5) is 2.66. The van der Waals surface area contributed by atoms with Crippen LogP contribution in [0.2, 0.25) is 0 Å². The van der Waals surface area contributed by atoms with Crippen molar-refractivity contribution in [2.24, 2.45) is 5.92 Å². The van der Waals surface area contributed by atoms with Gasteiger partial charge in [-0.05, 0) is 25.7 Å². The number of rotatable bonds is 0. The summed E-state index contributed by atoms with van der Waals surface area (Å²) in [6.07, 6.45) is 3.04. The molecule has 1 aliphatic carbocycles. The van der Waals surface area contributed by atoms with Gasteiger partial charge in [0.1, 0.15) is 0 Å². The molecule has 1 nitrogen and oxygen atoms in total. The molecule has 3 saturated heterocycles. The third kappa shape index (κ3) is 0.202. The Morgan fingerprint density at radius 2 is 2.50 bits per heavy atom. The smallest absolute Gasteiger partial charge is 0.0343 e. The number of nitrogens with zero attached hydrogens (tertiary/aromatic N) is 1. The van der Waals surface area contributed by atoms with E-state index in [0.717, 1.165) is 17.5 Å². The Morgan fingerprint density at radius 1 is 1.62 bits per heavy atom. The molecule has 44 valence electrons. The molecule has 0 spiro atoms. The second-order valence-electron chi connectivity index (χ2n) is 3.83. The van der Waals surface area contributed by atoms with Crippen LogP contribution in [0.4, 0.5) is 0 Å². The molecule has 4 atom stereocenters. The Balaban J connectivity index is 2.16. The summed E-state index contributed by atoms with van der Waals surface area (Å²) in [6.45, 7) is 3.85. The van der Waals surface area contributed by atoms with Crippen molar-refractivity contribution in [1.82, 2.24) is 4.90 Å². The van der Waals surface area contributed by atoms with Gasteiger partial charge < -0.3 is 0 Å². The Labute approximate surface area is 49.7 Å². The molecule has 4 unspecified atom stereocenters. The standard InChI is InChI=1S/C7H11N/c1-7-3-5-2-6(7)8(7)4-5/h5-6H,2-4H2,1H3. The molecule has 1 saturated carbocycles. The lowest BCUT2D eigenvalue weighted by Crippen LogP contribution is -2.03. The van der Waals surface area contributed by atoms with E-state index in [1.54, 1.807) is 0 Å². The van der Waals surface area contributed by atoms with Crippen LogP contribution in [-0.4, -0.2) is 23.0 Å². The predicted octanol–water partition coefficient (Wildman–Crippen LogP) is 0.853. The first-order valence-electron chi connectivity index (χ1n) is 3.57. The molecule has 4 fully saturated rings. The van der Waals surface area contributed by atoms with Crippen LogP contribution in [0.5, 0.6) is 0 Å². The Hall–Kier alpha value is -0.0400. The van der Waals surface area contributed by atoms with E-state index < -0.39 is 0 Å². The van der Waals surface area contributed by atoms with Crippen LogP contribution in [0.1, 0.15) is 19.8 Å². The highest BCUT2D eigenvalue weighted by Gasteiger charge is 2.70. The van der Waals surface area contributed by atoms with Gasteiger partial charge >= 0.3 is 0 Å². The van der Waals surface area contributed by atoms with Crippen LogP contribution in [0.15, 0.2) is 0 Å². The Kier molecular flexibility index (Phi) is 0.372. The minimum Gasteiger partial charge on any atom is -0.291 e. The molecule has 4 aliphatic rings. The minimum atomic E-state index is 0.727. The van der Waals surface area contributed by atoms with Crippen LogP contribution in [0, 0.1) is 5.92 Å². The lowest BCUT2D eigenvalue weighted by Gasteiger charge is -1.94. The first kappa shape index (κ1) is 3.89. The Morgan fingerprint density at radius 3 is 2.62 bits per heavy atom. The largest absolute Gasteiger partial charge is 0.291 e. The van der Waals surface area contributed by atoms with Gasteiger partial charge in [0.05, 0.1) is 0 Å².